The van der Waals surface area contributed by atoms with Gasteiger partial charge < -0.3 is 24.7 Å². The molecule has 3 rings (SSSR count). The van der Waals surface area contributed by atoms with Crippen LogP contribution in [0.25, 0.3) is 22.4 Å². The van der Waals surface area contributed by atoms with Gasteiger partial charge >= 0.3 is 0 Å². The van der Waals surface area contributed by atoms with Crippen molar-refractivity contribution in [3.8, 4) is 51.5 Å². The van der Waals surface area contributed by atoms with Crippen molar-refractivity contribution in [3.05, 3.63) is 48.0 Å². The fourth-order valence-electron chi connectivity index (χ4n) is 3.20. The Kier molecular flexibility index (Phi) is 5.74. The SMILES string of the molecule is COc1ccccc1-c1cc(-c2ccc(OC)c(OC)c2OC)c(C#N)c(N)n1. The van der Waals surface area contributed by atoms with Crippen LogP contribution in [0.15, 0.2) is 42.5 Å². The summed E-state index contributed by atoms with van der Waals surface area (Å²) in [5.41, 5.74) is 8.92. The predicted molar refractivity (Wildman–Crippen MR) is 110 cm³/mol. The molecule has 0 bridgehead atoms. The van der Waals surface area contributed by atoms with Gasteiger partial charge in [-0.05, 0) is 30.3 Å². The molecule has 29 heavy (non-hydrogen) atoms. The van der Waals surface area contributed by atoms with Gasteiger partial charge in [0.1, 0.15) is 23.2 Å². The summed E-state index contributed by atoms with van der Waals surface area (Å²) in [5.74, 6) is 2.13. The molecule has 0 aliphatic carbocycles. The number of nitrogens with two attached hydrogens (primary N) is 1. The van der Waals surface area contributed by atoms with Crippen molar-refractivity contribution >= 4 is 5.82 Å². The Morgan fingerprint density at radius 3 is 2.10 bits per heavy atom. The molecule has 0 saturated heterocycles. The van der Waals surface area contributed by atoms with E-state index in [0.29, 0.717) is 39.8 Å². The minimum absolute atomic E-state index is 0.114. The average Bonchev–Trinajstić information content (AvgIpc) is 2.77. The highest BCUT2D eigenvalue weighted by Gasteiger charge is 2.22. The molecule has 1 aromatic heterocycles. The number of ether oxygens (including phenoxy) is 4. The molecule has 0 aliphatic rings. The summed E-state index contributed by atoms with van der Waals surface area (Å²) < 4.78 is 21.9. The maximum absolute atomic E-state index is 9.72. The number of nitrogens with zero attached hydrogens (tertiary/aromatic N) is 2. The lowest BCUT2D eigenvalue weighted by molar-refractivity contribution is 0.325. The van der Waals surface area contributed by atoms with Crippen molar-refractivity contribution in [1.29, 1.82) is 5.26 Å². The number of hydrogen-bond donors (Lipinski definition) is 1. The van der Waals surface area contributed by atoms with Crippen LogP contribution in [-0.4, -0.2) is 33.4 Å². The molecule has 0 saturated carbocycles. The number of aromatic nitrogens is 1. The van der Waals surface area contributed by atoms with E-state index < -0.39 is 0 Å². The van der Waals surface area contributed by atoms with Crippen molar-refractivity contribution in [1.82, 2.24) is 4.98 Å². The third-order valence-corrected chi connectivity index (χ3v) is 4.54. The van der Waals surface area contributed by atoms with Crippen LogP contribution in [-0.2, 0) is 0 Å². The van der Waals surface area contributed by atoms with Crippen LogP contribution in [0.4, 0.5) is 5.82 Å². The first-order valence-corrected chi connectivity index (χ1v) is 8.72. The quantitative estimate of drug-likeness (QED) is 0.680. The minimum Gasteiger partial charge on any atom is -0.496 e. The molecule has 0 amide bonds. The summed E-state index contributed by atoms with van der Waals surface area (Å²) in [5, 5.41) is 9.72. The zero-order valence-corrected chi connectivity index (χ0v) is 16.6. The molecule has 7 heteroatoms. The average molecular weight is 391 g/mol. The van der Waals surface area contributed by atoms with Gasteiger partial charge in [-0.3, -0.25) is 0 Å². The monoisotopic (exact) mass is 391 g/mol. The molecule has 148 valence electrons. The Balaban J connectivity index is 2.33. The van der Waals surface area contributed by atoms with Gasteiger partial charge in [0.15, 0.2) is 11.5 Å². The number of nitrogen functional groups attached to an aromatic ring is 1. The van der Waals surface area contributed by atoms with Crippen LogP contribution in [0.3, 0.4) is 0 Å². The summed E-state index contributed by atoms with van der Waals surface area (Å²) in [4.78, 5) is 4.42. The summed E-state index contributed by atoms with van der Waals surface area (Å²) in [6, 6.07) is 14.9. The molecule has 2 aromatic carbocycles. The zero-order valence-electron chi connectivity index (χ0n) is 16.6. The molecule has 3 aromatic rings. The molecule has 7 nitrogen and oxygen atoms in total. The van der Waals surface area contributed by atoms with Gasteiger partial charge in [0, 0.05) is 16.7 Å². The lowest BCUT2D eigenvalue weighted by atomic mass is 9.97. The van der Waals surface area contributed by atoms with E-state index >= 15 is 0 Å². The second-order valence-electron chi connectivity index (χ2n) is 6.01. The van der Waals surface area contributed by atoms with Crippen molar-refractivity contribution in [2.24, 2.45) is 0 Å². The fraction of sp³-hybridized carbons (Fsp3) is 0.182. The first-order valence-electron chi connectivity index (χ1n) is 8.72. The van der Waals surface area contributed by atoms with Gasteiger partial charge in [0.25, 0.3) is 0 Å². The first-order chi connectivity index (χ1) is 14.1. The highest BCUT2D eigenvalue weighted by atomic mass is 16.5. The van der Waals surface area contributed by atoms with Gasteiger partial charge in [-0.2, -0.15) is 5.26 Å². The molecule has 0 radical (unpaired) electrons. The molecular weight excluding hydrogens is 370 g/mol. The number of rotatable bonds is 6. The summed E-state index contributed by atoms with van der Waals surface area (Å²) in [6.45, 7) is 0. The van der Waals surface area contributed by atoms with Gasteiger partial charge in [-0.15, -0.1) is 0 Å². The maximum atomic E-state index is 9.72. The molecule has 0 unspecified atom stereocenters. The molecular formula is C22H21N3O4. The van der Waals surface area contributed by atoms with Crippen LogP contribution < -0.4 is 24.7 Å². The summed E-state index contributed by atoms with van der Waals surface area (Å²) >= 11 is 0. The van der Waals surface area contributed by atoms with Crippen molar-refractivity contribution in [3.63, 3.8) is 0 Å². The van der Waals surface area contributed by atoms with E-state index in [1.807, 2.05) is 24.3 Å². The molecule has 0 fully saturated rings. The topological polar surface area (TPSA) is 99.6 Å². The highest BCUT2D eigenvalue weighted by Crippen LogP contribution is 2.46. The predicted octanol–water partition coefficient (Wildman–Crippen LogP) is 3.90. The molecule has 0 atom stereocenters. The smallest absolute Gasteiger partial charge is 0.203 e. The van der Waals surface area contributed by atoms with Crippen LogP contribution in [0.1, 0.15) is 5.56 Å². The Bertz CT molecular complexity index is 1090. The number of pyridine rings is 1. The standard InChI is InChI=1S/C22H21N3O4/c1-26-18-8-6-5-7-14(18)17-11-15(16(12-23)22(24)25-17)13-9-10-19(27-2)21(29-4)20(13)28-3/h5-11H,1-4H3,(H2,24,25). The van der Waals surface area contributed by atoms with Gasteiger partial charge in [-0.25, -0.2) is 4.98 Å². The Labute approximate surface area is 169 Å². The maximum Gasteiger partial charge on any atom is 0.203 e. The Hall–Kier alpha value is -3.92. The molecule has 2 N–H and O–H groups in total. The van der Waals surface area contributed by atoms with E-state index in [-0.39, 0.29) is 11.4 Å². The number of benzene rings is 2. The molecule has 0 aliphatic heterocycles. The number of hydrogen-bond acceptors (Lipinski definition) is 7. The van der Waals surface area contributed by atoms with Crippen molar-refractivity contribution < 1.29 is 18.9 Å². The highest BCUT2D eigenvalue weighted by molar-refractivity contribution is 5.86. The lowest BCUT2D eigenvalue weighted by Crippen LogP contribution is -2.02. The Morgan fingerprint density at radius 2 is 1.48 bits per heavy atom. The summed E-state index contributed by atoms with van der Waals surface area (Å²) in [6.07, 6.45) is 0. The number of para-hydroxylation sites is 1. The third kappa shape index (κ3) is 3.48. The fourth-order valence-corrected chi connectivity index (χ4v) is 3.20. The van der Waals surface area contributed by atoms with Crippen LogP contribution >= 0.6 is 0 Å². The first kappa shape index (κ1) is 19.8. The molecule has 0 spiro atoms. The number of nitriles is 1. The summed E-state index contributed by atoms with van der Waals surface area (Å²) in [7, 11) is 6.18. The van der Waals surface area contributed by atoms with Gasteiger partial charge in [-0.1, -0.05) is 12.1 Å². The molecule has 1 heterocycles. The van der Waals surface area contributed by atoms with E-state index in [2.05, 4.69) is 11.1 Å². The largest absolute Gasteiger partial charge is 0.496 e. The van der Waals surface area contributed by atoms with E-state index in [9.17, 15) is 5.26 Å². The second kappa shape index (κ2) is 8.40. The zero-order chi connectivity index (χ0) is 21.0. The van der Waals surface area contributed by atoms with Gasteiger partial charge in [0.2, 0.25) is 5.75 Å². The normalized spacial score (nSPS) is 10.2. The Morgan fingerprint density at radius 1 is 0.793 bits per heavy atom. The van der Waals surface area contributed by atoms with E-state index in [0.717, 1.165) is 5.56 Å². The third-order valence-electron chi connectivity index (χ3n) is 4.54. The van der Waals surface area contributed by atoms with E-state index in [1.54, 1.807) is 32.4 Å². The van der Waals surface area contributed by atoms with Crippen LogP contribution in [0.5, 0.6) is 23.0 Å². The lowest BCUT2D eigenvalue weighted by Gasteiger charge is -2.18. The minimum atomic E-state index is 0.114. The van der Waals surface area contributed by atoms with Crippen LogP contribution in [0.2, 0.25) is 0 Å². The van der Waals surface area contributed by atoms with Crippen molar-refractivity contribution in [2.75, 3.05) is 34.2 Å². The van der Waals surface area contributed by atoms with Crippen molar-refractivity contribution in [2.45, 2.75) is 0 Å². The van der Waals surface area contributed by atoms with Gasteiger partial charge in [0.05, 0.1) is 34.1 Å². The van der Waals surface area contributed by atoms with E-state index in [4.69, 9.17) is 24.7 Å². The second-order valence-corrected chi connectivity index (χ2v) is 6.01. The number of methoxy groups -OCH3 is 4. The number of anilines is 1. The van der Waals surface area contributed by atoms with Crippen LogP contribution in [0, 0.1) is 11.3 Å². The van der Waals surface area contributed by atoms with E-state index in [1.165, 1.54) is 14.2 Å².